The van der Waals surface area contributed by atoms with Gasteiger partial charge in [-0.25, -0.2) is 0 Å². The first kappa shape index (κ1) is 20.1. The van der Waals surface area contributed by atoms with Crippen LogP contribution in [0.3, 0.4) is 0 Å². The number of amides is 2. The van der Waals surface area contributed by atoms with Crippen molar-refractivity contribution in [1.82, 2.24) is 10.6 Å². The summed E-state index contributed by atoms with van der Waals surface area (Å²) in [6, 6.07) is 10.5. The highest BCUT2D eigenvalue weighted by Gasteiger charge is 2.24. The Morgan fingerprint density at radius 1 is 1.08 bits per heavy atom. The van der Waals surface area contributed by atoms with Gasteiger partial charge in [-0.1, -0.05) is 29.8 Å². The lowest BCUT2D eigenvalue weighted by Crippen LogP contribution is -2.50. The topological polar surface area (TPSA) is 58.2 Å². The molecule has 1 aromatic heterocycles. The fraction of sp³-hybridized carbons (Fsp3) is 0.333. The predicted molar refractivity (Wildman–Crippen MR) is 109 cm³/mol. The molecule has 1 atom stereocenters. The summed E-state index contributed by atoms with van der Waals surface area (Å²) in [5.41, 5.74) is 0.532. The Morgan fingerprint density at radius 2 is 1.76 bits per heavy atom. The third kappa shape index (κ3) is 6.24. The summed E-state index contributed by atoms with van der Waals surface area (Å²) in [7, 11) is 0. The van der Waals surface area contributed by atoms with Gasteiger partial charge in [0.25, 0.3) is 5.91 Å². The Morgan fingerprint density at radius 3 is 2.32 bits per heavy atom. The molecule has 1 unspecified atom stereocenters. The number of thiophene rings is 1. The van der Waals surface area contributed by atoms with E-state index in [-0.39, 0.29) is 17.7 Å². The zero-order chi connectivity index (χ0) is 18.4. The Labute approximate surface area is 168 Å². The highest BCUT2D eigenvalue weighted by Crippen LogP contribution is 2.22. The third-order valence-corrected chi connectivity index (χ3v) is 5.85. The molecule has 2 N–H and O–H groups in total. The highest BCUT2D eigenvalue weighted by atomic mass is 79.9. The van der Waals surface area contributed by atoms with Crippen LogP contribution >= 0.6 is 43.2 Å². The molecule has 25 heavy (non-hydrogen) atoms. The molecular formula is C18H20Br2N2O2S. The highest BCUT2D eigenvalue weighted by molar-refractivity contribution is 9.11. The summed E-state index contributed by atoms with van der Waals surface area (Å²) >= 11 is 8.43. The second kappa shape index (κ2) is 9.50. The molecule has 0 radical (unpaired) electrons. The standard InChI is InChI=1S/C18H20Br2N2O2S/c1-11(2)16(22-17(23)12-3-5-13(19)6-4-12)18(24)21-10-9-14-7-8-15(20)25-14/h3-8,11,16H,9-10H2,1-2H3,(H,21,24)(H,22,23). The number of nitrogens with one attached hydrogen (secondary N) is 2. The van der Waals surface area contributed by atoms with E-state index in [0.29, 0.717) is 12.1 Å². The molecule has 0 saturated carbocycles. The van der Waals surface area contributed by atoms with Gasteiger partial charge >= 0.3 is 0 Å². The zero-order valence-electron chi connectivity index (χ0n) is 14.0. The maximum atomic E-state index is 12.5. The van der Waals surface area contributed by atoms with Crippen LogP contribution < -0.4 is 10.6 Å². The number of hydrogen-bond donors (Lipinski definition) is 2. The number of benzene rings is 1. The van der Waals surface area contributed by atoms with Crippen LogP contribution in [0.15, 0.2) is 44.7 Å². The second-order valence-electron chi connectivity index (χ2n) is 5.95. The molecule has 2 rings (SSSR count). The molecule has 0 spiro atoms. The van der Waals surface area contributed by atoms with Crippen molar-refractivity contribution in [2.24, 2.45) is 5.92 Å². The van der Waals surface area contributed by atoms with E-state index in [4.69, 9.17) is 0 Å². The van der Waals surface area contributed by atoms with E-state index >= 15 is 0 Å². The van der Waals surface area contributed by atoms with Crippen molar-refractivity contribution in [3.05, 3.63) is 55.1 Å². The summed E-state index contributed by atoms with van der Waals surface area (Å²) in [6.45, 7) is 4.38. The van der Waals surface area contributed by atoms with Gasteiger partial charge in [0, 0.05) is 21.5 Å². The minimum Gasteiger partial charge on any atom is -0.354 e. The maximum absolute atomic E-state index is 12.5. The van der Waals surface area contributed by atoms with Crippen LogP contribution in [-0.4, -0.2) is 24.4 Å². The molecule has 1 heterocycles. The van der Waals surface area contributed by atoms with Gasteiger partial charge in [-0.05, 0) is 64.7 Å². The molecule has 0 bridgehead atoms. The van der Waals surface area contributed by atoms with Crippen molar-refractivity contribution in [2.75, 3.05) is 6.54 Å². The van der Waals surface area contributed by atoms with Gasteiger partial charge in [0.05, 0.1) is 3.79 Å². The van der Waals surface area contributed by atoms with Crippen molar-refractivity contribution < 1.29 is 9.59 Å². The Kier molecular flexibility index (Phi) is 7.65. The van der Waals surface area contributed by atoms with Gasteiger partial charge in [0.2, 0.25) is 5.91 Å². The molecule has 0 aliphatic carbocycles. The average molecular weight is 488 g/mol. The van der Waals surface area contributed by atoms with Crippen LogP contribution in [0.25, 0.3) is 0 Å². The van der Waals surface area contributed by atoms with Crippen LogP contribution in [0.5, 0.6) is 0 Å². The van der Waals surface area contributed by atoms with Crippen LogP contribution in [-0.2, 0) is 11.2 Å². The lowest BCUT2D eigenvalue weighted by atomic mass is 10.0. The van der Waals surface area contributed by atoms with Gasteiger partial charge in [0.1, 0.15) is 6.04 Å². The number of halogens is 2. The molecule has 0 aliphatic rings. The van der Waals surface area contributed by atoms with E-state index in [2.05, 4.69) is 42.5 Å². The first-order valence-electron chi connectivity index (χ1n) is 7.95. The minimum atomic E-state index is -0.564. The van der Waals surface area contributed by atoms with E-state index in [1.165, 1.54) is 4.88 Å². The van der Waals surface area contributed by atoms with Crippen molar-refractivity contribution in [1.29, 1.82) is 0 Å². The molecule has 0 saturated heterocycles. The first-order chi connectivity index (χ1) is 11.9. The minimum absolute atomic E-state index is 0.00437. The van der Waals surface area contributed by atoms with Crippen molar-refractivity contribution in [3.63, 3.8) is 0 Å². The molecule has 4 nitrogen and oxygen atoms in total. The second-order valence-corrected chi connectivity index (χ2v) is 9.41. The lowest BCUT2D eigenvalue weighted by Gasteiger charge is -2.21. The predicted octanol–water partition coefficient (Wildman–Crippen LogP) is 4.39. The smallest absolute Gasteiger partial charge is 0.251 e. The van der Waals surface area contributed by atoms with Gasteiger partial charge in [-0.3, -0.25) is 9.59 Å². The van der Waals surface area contributed by atoms with Crippen LogP contribution in [0.4, 0.5) is 0 Å². The van der Waals surface area contributed by atoms with E-state index < -0.39 is 6.04 Å². The molecule has 2 aromatic rings. The summed E-state index contributed by atoms with van der Waals surface area (Å²) in [6.07, 6.45) is 0.771. The fourth-order valence-electron chi connectivity index (χ4n) is 2.27. The van der Waals surface area contributed by atoms with Crippen LogP contribution in [0, 0.1) is 5.92 Å². The summed E-state index contributed by atoms with van der Waals surface area (Å²) in [4.78, 5) is 26.0. The zero-order valence-corrected chi connectivity index (χ0v) is 18.0. The van der Waals surface area contributed by atoms with Crippen molar-refractivity contribution in [2.45, 2.75) is 26.3 Å². The SMILES string of the molecule is CC(C)C(NC(=O)c1ccc(Br)cc1)C(=O)NCCc1ccc(Br)s1. The number of rotatable bonds is 7. The van der Waals surface area contributed by atoms with Gasteiger partial charge < -0.3 is 10.6 Å². The average Bonchev–Trinajstić information content (AvgIpc) is 2.98. The quantitative estimate of drug-likeness (QED) is 0.608. The molecule has 0 fully saturated rings. The lowest BCUT2D eigenvalue weighted by molar-refractivity contribution is -0.123. The van der Waals surface area contributed by atoms with E-state index in [0.717, 1.165) is 14.7 Å². The van der Waals surface area contributed by atoms with Gasteiger partial charge in [-0.2, -0.15) is 0 Å². The van der Waals surface area contributed by atoms with Gasteiger partial charge in [-0.15, -0.1) is 11.3 Å². The van der Waals surface area contributed by atoms with Gasteiger partial charge in [0.15, 0.2) is 0 Å². The van der Waals surface area contributed by atoms with Crippen LogP contribution in [0.2, 0.25) is 0 Å². The molecular weight excluding hydrogens is 468 g/mol. The summed E-state index contributed by atoms with van der Waals surface area (Å²) < 4.78 is 1.98. The Hall–Kier alpha value is -1.18. The van der Waals surface area contributed by atoms with E-state index in [9.17, 15) is 9.59 Å². The number of carbonyl (C=O) groups excluding carboxylic acids is 2. The summed E-state index contributed by atoms with van der Waals surface area (Å²) in [5, 5.41) is 5.75. The molecule has 2 amide bonds. The maximum Gasteiger partial charge on any atom is 0.251 e. The fourth-order valence-corrected chi connectivity index (χ4v) is 4.01. The Balaban J connectivity index is 1.91. The molecule has 134 valence electrons. The molecule has 7 heteroatoms. The third-order valence-electron chi connectivity index (χ3n) is 3.64. The monoisotopic (exact) mass is 486 g/mol. The number of hydrogen-bond acceptors (Lipinski definition) is 3. The van der Waals surface area contributed by atoms with E-state index in [1.54, 1.807) is 35.6 Å². The number of carbonyl (C=O) groups is 2. The van der Waals surface area contributed by atoms with Crippen molar-refractivity contribution >= 4 is 55.0 Å². The largest absolute Gasteiger partial charge is 0.354 e. The van der Waals surface area contributed by atoms with Crippen LogP contribution in [0.1, 0.15) is 29.1 Å². The van der Waals surface area contributed by atoms with E-state index in [1.807, 2.05) is 26.0 Å². The first-order valence-corrected chi connectivity index (χ1v) is 10.4. The van der Waals surface area contributed by atoms with Crippen molar-refractivity contribution in [3.8, 4) is 0 Å². The normalized spacial score (nSPS) is 12.0. The molecule has 1 aromatic carbocycles. The Bertz CT molecular complexity index is 729. The molecule has 0 aliphatic heterocycles. The summed E-state index contributed by atoms with van der Waals surface area (Å²) in [5.74, 6) is -0.407.